The molecule has 8 heteroatoms. The summed E-state index contributed by atoms with van der Waals surface area (Å²) in [5.74, 6) is 0.117. The lowest BCUT2D eigenvalue weighted by molar-refractivity contribution is -0.0905. The van der Waals surface area contributed by atoms with Gasteiger partial charge in [-0.05, 0) is 43.2 Å². The number of carbonyl (C=O) groups is 1. The molecule has 2 aromatic heterocycles. The van der Waals surface area contributed by atoms with Gasteiger partial charge in [-0.3, -0.25) is 4.79 Å². The second-order valence-corrected chi connectivity index (χ2v) is 9.56. The second-order valence-electron chi connectivity index (χ2n) is 7.67. The number of hydrogen-bond acceptors (Lipinski definition) is 7. The van der Waals surface area contributed by atoms with Gasteiger partial charge in [0.2, 0.25) is 0 Å². The van der Waals surface area contributed by atoms with E-state index in [4.69, 9.17) is 9.47 Å². The minimum absolute atomic E-state index is 0.117. The van der Waals surface area contributed by atoms with E-state index in [1.807, 2.05) is 11.8 Å². The second kappa shape index (κ2) is 7.40. The Balaban J connectivity index is 1.30. The number of piperidine rings is 1. The van der Waals surface area contributed by atoms with Crippen molar-refractivity contribution in [2.45, 2.75) is 31.8 Å². The number of hydrogen-bond donors (Lipinski definition) is 0. The van der Waals surface area contributed by atoms with Gasteiger partial charge in [-0.25, -0.2) is 4.98 Å². The summed E-state index contributed by atoms with van der Waals surface area (Å²) in [6.07, 6.45) is 2.76. The summed E-state index contributed by atoms with van der Waals surface area (Å²) in [6, 6.07) is 2.23. The smallest absolute Gasteiger partial charge is 0.265 e. The highest BCUT2D eigenvalue weighted by Gasteiger charge is 2.43. The third-order valence-electron chi connectivity index (χ3n) is 6.03. The van der Waals surface area contributed by atoms with E-state index in [-0.39, 0.29) is 11.5 Å². The summed E-state index contributed by atoms with van der Waals surface area (Å²) in [4.78, 5) is 24.2. The first-order valence-corrected chi connectivity index (χ1v) is 11.7. The standard InChI is InChI=1S/C20H25N3O3S2/c1-14-16(28-19(21-14)23-8-11-25-12-9-23)18(24)22-6-4-20(5-7-22)17-15(2-10-26-20)3-13-27-17/h3,13H,2,4-12H2,1H3. The average Bonchev–Trinajstić information content (AvgIpc) is 3.37. The number of thiazole rings is 1. The van der Waals surface area contributed by atoms with E-state index in [2.05, 4.69) is 21.3 Å². The normalized spacial score (nSPS) is 21.8. The van der Waals surface area contributed by atoms with Crippen molar-refractivity contribution in [3.05, 3.63) is 32.5 Å². The topological polar surface area (TPSA) is 54.9 Å². The van der Waals surface area contributed by atoms with Crippen LogP contribution in [0, 0.1) is 6.92 Å². The number of rotatable bonds is 2. The number of ether oxygens (including phenoxy) is 2. The first kappa shape index (κ1) is 18.5. The molecule has 0 N–H and O–H groups in total. The average molecular weight is 420 g/mol. The van der Waals surface area contributed by atoms with Crippen molar-refractivity contribution in [1.82, 2.24) is 9.88 Å². The minimum atomic E-state index is -0.180. The molecule has 150 valence electrons. The fraction of sp³-hybridized carbons (Fsp3) is 0.600. The van der Waals surface area contributed by atoms with Crippen LogP contribution in [0.25, 0.3) is 0 Å². The molecule has 5 heterocycles. The molecule has 0 saturated carbocycles. The maximum Gasteiger partial charge on any atom is 0.265 e. The van der Waals surface area contributed by atoms with Crippen LogP contribution in [0.5, 0.6) is 0 Å². The van der Waals surface area contributed by atoms with E-state index in [0.717, 1.165) is 81.0 Å². The number of amides is 1. The van der Waals surface area contributed by atoms with Crippen molar-refractivity contribution < 1.29 is 14.3 Å². The van der Waals surface area contributed by atoms with Crippen molar-refractivity contribution in [2.75, 3.05) is 50.9 Å². The molecule has 0 aliphatic carbocycles. The molecule has 1 amide bonds. The summed E-state index contributed by atoms with van der Waals surface area (Å²) < 4.78 is 11.7. The summed E-state index contributed by atoms with van der Waals surface area (Å²) in [5.41, 5.74) is 2.09. The van der Waals surface area contributed by atoms with E-state index in [1.165, 1.54) is 21.8 Å². The number of thiophene rings is 1. The van der Waals surface area contributed by atoms with Crippen LogP contribution >= 0.6 is 22.7 Å². The zero-order chi connectivity index (χ0) is 19.1. The van der Waals surface area contributed by atoms with Crippen molar-refractivity contribution in [3.8, 4) is 0 Å². The molecule has 1 spiro atoms. The summed E-state index contributed by atoms with van der Waals surface area (Å²) in [6.45, 7) is 7.33. The predicted molar refractivity (Wildman–Crippen MR) is 111 cm³/mol. The van der Waals surface area contributed by atoms with Crippen LogP contribution in [0.15, 0.2) is 11.4 Å². The third-order valence-corrected chi connectivity index (χ3v) is 8.38. The van der Waals surface area contributed by atoms with Crippen molar-refractivity contribution in [2.24, 2.45) is 0 Å². The zero-order valence-electron chi connectivity index (χ0n) is 16.1. The van der Waals surface area contributed by atoms with Crippen LogP contribution in [0.2, 0.25) is 0 Å². The molecule has 2 fully saturated rings. The van der Waals surface area contributed by atoms with Gasteiger partial charge in [0, 0.05) is 31.1 Å². The quantitative estimate of drug-likeness (QED) is 0.749. The third kappa shape index (κ3) is 3.16. The molecule has 28 heavy (non-hydrogen) atoms. The number of anilines is 1. The van der Waals surface area contributed by atoms with Gasteiger partial charge in [-0.2, -0.15) is 0 Å². The molecule has 0 bridgehead atoms. The van der Waals surface area contributed by atoms with Gasteiger partial charge in [0.25, 0.3) is 5.91 Å². The van der Waals surface area contributed by atoms with Gasteiger partial charge in [0.05, 0.1) is 25.5 Å². The van der Waals surface area contributed by atoms with E-state index >= 15 is 0 Å². The first-order chi connectivity index (χ1) is 13.7. The van der Waals surface area contributed by atoms with E-state index < -0.39 is 0 Å². The van der Waals surface area contributed by atoms with Gasteiger partial charge in [0.1, 0.15) is 10.5 Å². The van der Waals surface area contributed by atoms with Crippen LogP contribution < -0.4 is 4.90 Å². The number of morpholine rings is 1. The maximum atomic E-state index is 13.2. The molecule has 0 atom stereocenters. The van der Waals surface area contributed by atoms with Gasteiger partial charge in [-0.15, -0.1) is 11.3 Å². The van der Waals surface area contributed by atoms with Gasteiger partial charge < -0.3 is 19.3 Å². The number of likely N-dealkylation sites (tertiary alicyclic amines) is 1. The fourth-order valence-corrected chi connectivity index (χ4v) is 6.67. The Hall–Kier alpha value is -1.48. The van der Waals surface area contributed by atoms with E-state index in [0.29, 0.717) is 0 Å². The molecular formula is C20H25N3O3S2. The van der Waals surface area contributed by atoms with Gasteiger partial charge in [0.15, 0.2) is 5.13 Å². The molecule has 2 saturated heterocycles. The Kier molecular flexibility index (Phi) is 4.90. The molecule has 3 aliphatic rings. The zero-order valence-corrected chi connectivity index (χ0v) is 17.7. The highest BCUT2D eigenvalue weighted by atomic mass is 32.1. The summed E-state index contributed by atoms with van der Waals surface area (Å²) in [7, 11) is 0. The predicted octanol–water partition coefficient (Wildman–Crippen LogP) is 3.05. The lowest BCUT2D eigenvalue weighted by atomic mass is 9.85. The minimum Gasteiger partial charge on any atom is -0.378 e. The highest BCUT2D eigenvalue weighted by molar-refractivity contribution is 7.17. The first-order valence-electron chi connectivity index (χ1n) is 9.96. The Labute approximate surface area is 173 Å². The molecular weight excluding hydrogens is 394 g/mol. The molecule has 3 aliphatic heterocycles. The van der Waals surface area contributed by atoms with E-state index in [1.54, 1.807) is 11.3 Å². The van der Waals surface area contributed by atoms with Crippen LogP contribution in [0.1, 0.15) is 38.6 Å². The molecule has 5 rings (SSSR count). The molecule has 2 aromatic rings. The number of carbonyl (C=O) groups excluding carboxylic acids is 1. The molecule has 0 aromatic carbocycles. The Morgan fingerprint density at radius 3 is 2.75 bits per heavy atom. The largest absolute Gasteiger partial charge is 0.378 e. The maximum absolute atomic E-state index is 13.2. The Morgan fingerprint density at radius 2 is 1.96 bits per heavy atom. The molecule has 0 unspecified atom stereocenters. The molecule has 6 nitrogen and oxygen atoms in total. The van der Waals surface area contributed by atoms with Crippen molar-refractivity contribution in [1.29, 1.82) is 0 Å². The highest BCUT2D eigenvalue weighted by Crippen LogP contribution is 2.44. The van der Waals surface area contributed by atoms with Crippen LogP contribution in [-0.4, -0.2) is 61.8 Å². The number of aromatic nitrogens is 1. The monoisotopic (exact) mass is 419 g/mol. The van der Waals surface area contributed by atoms with Crippen LogP contribution in [0.4, 0.5) is 5.13 Å². The van der Waals surface area contributed by atoms with Gasteiger partial charge >= 0.3 is 0 Å². The van der Waals surface area contributed by atoms with Crippen molar-refractivity contribution >= 4 is 33.7 Å². The fourth-order valence-electron chi connectivity index (χ4n) is 4.41. The Morgan fingerprint density at radius 1 is 1.18 bits per heavy atom. The van der Waals surface area contributed by atoms with Crippen LogP contribution in [-0.2, 0) is 21.5 Å². The van der Waals surface area contributed by atoms with Gasteiger partial charge in [-0.1, -0.05) is 11.3 Å². The van der Waals surface area contributed by atoms with Crippen LogP contribution in [0.3, 0.4) is 0 Å². The summed E-state index contributed by atoms with van der Waals surface area (Å²) in [5, 5.41) is 3.11. The number of nitrogens with zero attached hydrogens (tertiary/aromatic N) is 3. The number of fused-ring (bicyclic) bond motifs is 2. The lowest BCUT2D eigenvalue weighted by Crippen LogP contribution is -2.47. The number of aryl methyl sites for hydroxylation is 1. The molecule has 0 radical (unpaired) electrons. The SMILES string of the molecule is Cc1nc(N2CCOCC2)sc1C(=O)N1CCC2(CC1)OCCc1ccsc12. The van der Waals surface area contributed by atoms with Crippen molar-refractivity contribution in [3.63, 3.8) is 0 Å². The Bertz CT molecular complexity index is 864. The lowest BCUT2D eigenvalue weighted by Gasteiger charge is -2.43. The summed E-state index contributed by atoms with van der Waals surface area (Å²) >= 11 is 3.33. The van der Waals surface area contributed by atoms with E-state index in [9.17, 15) is 4.79 Å².